The van der Waals surface area contributed by atoms with Crippen molar-refractivity contribution in [2.45, 2.75) is 45.6 Å². The molecular formula is C11H19NS. The zero-order valence-electron chi connectivity index (χ0n) is 9.14. The van der Waals surface area contributed by atoms with E-state index in [0.717, 1.165) is 0 Å². The second kappa shape index (κ2) is 3.10. The van der Waals surface area contributed by atoms with Gasteiger partial charge in [-0.3, -0.25) is 0 Å². The van der Waals surface area contributed by atoms with Crippen molar-refractivity contribution in [3.05, 3.63) is 21.9 Å². The van der Waals surface area contributed by atoms with E-state index in [1.165, 1.54) is 10.4 Å². The average molecular weight is 197 g/mol. The molecule has 1 heterocycles. The van der Waals surface area contributed by atoms with Crippen LogP contribution < -0.4 is 5.73 Å². The Kier molecular flexibility index (Phi) is 2.56. The molecule has 1 rings (SSSR count). The molecule has 0 aromatic carbocycles. The van der Waals surface area contributed by atoms with E-state index < -0.39 is 0 Å². The molecule has 0 amide bonds. The zero-order valence-corrected chi connectivity index (χ0v) is 9.96. The molecule has 74 valence electrons. The first kappa shape index (κ1) is 10.7. The van der Waals surface area contributed by atoms with Crippen LogP contribution in [0.25, 0.3) is 0 Å². The van der Waals surface area contributed by atoms with Gasteiger partial charge >= 0.3 is 0 Å². The summed E-state index contributed by atoms with van der Waals surface area (Å²) in [6.45, 7) is 10.8. The molecule has 1 nitrogen and oxygen atoms in total. The second-order valence-electron chi connectivity index (χ2n) is 5.14. The van der Waals surface area contributed by atoms with Crippen molar-refractivity contribution in [1.82, 2.24) is 0 Å². The highest BCUT2D eigenvalue weighted by atomic mass is 32.1. The summed E-state index contributed by atoms with van der Waals surface area (Å²) in [6.07, 6.45) is 0. The van der Waals surface area contributed by atoms with Crippen LogP contribution in [0.3, 0.4) is 0 Å². The van der Waals surface area contributed by atoms with Crippen LogP contribution in [0.4, 0.5) is 0 Å². The Balaban J connectivity index is 3.19. The van der Waals surface area contributed by atoms with Gasteiger partial charge in [0.05, 0.1) is 0 Å². The molecular weight excluding hydrogens is 178 g/mol. The van der Waals surface area contributed by atoms with Gasteiger partial charge in [0.2, 0.25) is 0 Å². The molecule has 1 aromatic rings. The first-order valence-corrected chi connectivity index (χ1v) is 5.48. The van der Waals surface area contributed by atoms with E-state index >= 15 is 0 Å². The van der Waals surface area contributed by atoms with Gasteiger partial charge in [0.1, 0.15) is 0 Å². The van der Waals surface area contributed by atoms with Crippen molar-refractivity contribution in [3.63, 3.8) is 0 Å². The number of rotatable bonds is 1. The van der Waals surface area contributed by atoms with Crippen molar-refractivity contribution in [2.24, 2.45) is 5.73 Å². The van der Waals surface area contributed by atoms with Crippen LogP contribution in [-0.4, -0.2) is 0 Å². The van der Waals surface area contributed by atoms with Gasteiger partial charge in [-0.25, -0.2) is 0 Å². The topological polar surface area (TPSA) is 26.0 Å². The molecule has 0 aliphatic heterocycles. The molecule has 0 bridgehead atoms. The predicted molar refractivity (Wildman–Crippen MR) is 60.2 cm³/mol. The highest BCUT2D eigenvalue weighted by Gasteiger charge is 2.26. The van der Waals surface area contributed by atoms with Crippen molar-refractivity contribution < 1.29 is 0 Å². The number of hydrogen-bond donors (Lipinski definition) is 1. The van der Waals surface area contributed by atoms with Gasteiger partial charge in [0.15, 0.2) is 0 Å². The second-order valence-corrected chi connectivity index (χ2v) is 6.05. The first-order valence-electron chi connectivity index (χ1n) is 4.60. The average Bonchev–Trinajstić information content (AvgIpc) is 2.27. The molecule has 0 unspecified atom stereocenters. The maximum atomic E-state index is 6.11. The summed E-state index contributed by atoms with van der Waals surface area (Å²) in [5, 5.41) is 2.13. The zero-order chi connectivity index (χ0) is 10.3. The van der Waals surface area contributed by atoms with Crippen LogP contribution in [0.1, 0.15) is 45.1 Å². The molecule has 0 saturated heterocycles. The van der Waals surface area contributed by atoms with Crippen LogP contribution in [0, 0.1) is 0 Å². The summed E-state index contributed by atoms with van der Waals surface area (Å²) in [5.41, 5.74) is 7.38. The van der Waals surface area contributed by atoms with Crippen LogP contribution in [0.15, 0.2) is 11.4 Å². The summed E-state index contributed by atoms with van der Waals surface area (Å²) in [4.78, 5) is 1.40. The predicted octanol–water partition coefficient (Wildman–Crippen LogP) is 3.24. The standard InChI is InChI=1S/C11H19NS/c1-10(2,3)9-8(6-7-13-9)11(4,5)12/h6-7H,12H2,1-5H3. The third kappa shape index (κ3) is 2.32. The van der Waals surface area contributed by atoms with Gasteiger partial charge in [-0.05, 0) is 36.3 Å². The first-order chi connectivity index (χ1) is 5.73. The third-order valence-corrected chi connectivity index (χ3v) is 3.38. The summed E-state index contributed by atoms with van der Waals surface area (Å²) in [5.74, 6) is 0. The fraction of sp³-hybridized carbons (Fsp3) is 0.636. The minimum atomic E-state index is -0.220. The normalized spacial score (nSPS) is 13.4. The van der Waals surface area contributed by atoms with Crippen molar-refractivity contribution in [2.75, 3.05) is 0 Å². The molecule has 13 heavy (non-hydrogen) atoms. The molecule has 0 aliphatic carbocycles. The number of nitrogens with two attached hydrogens (primary N) is 1. The Bertz CT molecular complexity index is 257. The number of thiophene rings is 1. The lowest BCUT2D eigenvalue weighted by Gasteiger charge is -2.26. The highest BCUT2D eigenvalue weighted by molar-refractivity contribution is 7.10. The SMILES string of the molecule is CC(C)(C)c1sccc1C(C)(C)N. The fourth-order valence-corrected chi connectivity index (χ4v) is 2.55. The fourth-order valence-electron chi connectivity index (χ4n) is 1.40. The number of hydrogen-bond acceptors (Lipinski definition) is 2. The van der Waals surface area contributed by atoms with Crippen molar-refractivity contribution in [3.8, 4) is 0 Å². The molecule has 1 aromatic heterocycles. The van der Waals surface area contributed by atoms with E-state index in [1.807, 2.05) is 0 Å². The molecule has 0 saturated carbocycles. The van der Waals surface area contributed by atoms with Crippen LogP contribution in [0.5, 0.6) is 0 Å². The molecule has 0 spiro atoms. The quantitative estimate of drug-likeness (QED) is 0.735. The Hall–Kier alpha value is -0.340. The Morgan fingerprint density at radius 3 is 2.00 bits per heavy atom. The van der Waals surface area contributed by atoms with E-state index in [9.17, 15) is 0 Å². The van der Waals surface area contributed by atoms with E-state index in [1.54, 1.807) is 11.3 Å². The lowest BCUT2D eigenvalue weighted by molar-refractivity contribution is 0.520. The molecule has 0 radical (unpaired) electrons. The van der Waals surface area contributed by atoms with Gasteiger partial charge in [-0.2, -0.15) is 0 Å². The van der Waals surface area contributed by atoms with Gasteiger partial charge in [-0.15, -0.1) is 11.3 Å². The van der Waals surface area contributed by atoms with Crippen LogP contribution >= 0.6 is 11.3 Å². The molecule has 0 atom stereocenters. The molecule has 2 heteroatoms. The molecule has 2 N–H and O–H groups in total. The maximum Gasteiger partial charge on any atom is 0.0363 e. The summed E-state index contributed by atoms with van der Waals surface area (Å²) < 4.78 is 0. The smallest absolute Gasteiger partial charge is 0.0363 e. The van der Waals surface area contributed by atoms with Gasteiger partial charge in [0, 0.05) is 10.4 Å². The summed E-state index contributed by atoms with van der Waals surface area (Å²) in [7, 11) is 0. The van der Waals surface area contributed by atoms with Gasteiger partial charge in [-0.1, -0.05) is 20.8 Å². The Morgan fingerprint density at radius 2 is 1.69 bits per heavy atom. The lowest BCUT2D eigenvalue weighted by atomic mass is 9.85. The monoisotopic (exact) mass is 197 g/mol. The van der Waals surface area contributed by atoms with E-state index in [-0.39, 0.29) is 11.0 Å². The minimum absolute atomic E-state index is 0.208. The third-order valence-electron chi connectivity index (χ3n) is 2.04. The Labute approximate surface area is 85.0 Å². The van der Waals surface area contributed by atoms with Gasteiger partial charge in [0.25, 0.3) is 0 Å². The summed E-state index contributed by atoms with van der Waals surface area (Å²) >= 11 is 1.80. The van der Waals surface area contributed by atoms with Crippen molar-refractivity contribution in [1.29, 1.82) is 0 Å². The maximum absolute atomic E-state index is 6.11. The van der Waals surface area contributed by atoms with E-state index in [0.29, 0.717) is 0 Å². The molecule has 0 fully saturated rings. The van der Waals surface area contributed by atoms with E-state index in [4.69, 9.17) is 5.73 Å². The van der Waals surface area contributed by atoms with Gasteiger partial charge < -0.3 is 5.73 Å². The lowest BCUT2D eigenvalue weighted by Crippen LogP contribution is -2.31. The largest absolute Gasteiger partial charge is 0.322 e. The minimum Gasteiger partial charge on any atom is -0.322 e. The van der Waals surface area contributed by atoms with Crippen molar-refractivity contribution >= 4 is 11.3 Å². The van der Waals surface area contributed by atoms with E-state index in [2.05, 4.69) is 46.1 Å². The molecule has 0 aliphatic rings. The Morgan fingerprint density at radius 1 is 1.15 bits per heavy atom. The highest BCUT2D eigenvalue weighted by Crippen LogP contribution is 2.35. The summed E-state index contributed by atoms with van der Waals surface area (Å²) in [6, 6.07) is 2.14. The van der Waals surface area contributed by atoms with Crippen LogP contribution in [-0.2, 0) is 11.0 Å². The van der Waals surface area contributed by atoms with Crippen LogP contribution in [0.2, 0.25) is 0 Å².